The number of nitro benzene ring substituents is 1. The topological polar surface area (TPSA) is 94.1 Å². The molecule has 100 valence electrons. The lowest BCUT2D eigenvalue weighted by atomic mass is 10.2. The zero-order chi connectivity index (χ0) is 13.8. The van der Waals surface area contributed by atoms with Gasteiger partial charge in [-0.15, -0.1) is 0 Å². The zero-order valence-corrected chi connectivity index (χ0v) is 10.1. The van der Waals surface area contributed by atoms with E-state index < -0.39 is 16.4 Å². The molecule has 2 rings (SSSR count). The number of halogens is 1. The first-order chi connectivity index (χ1) is 9.11. The molecule has 0 bridgehead atoms. The molecule has 0 saturated heterocycles. The van der Waals surface area contributed by atoms with Crippen LogP contribution in [0.5, 0.6) is 0 Å². The van der Waals surface area contributed by atoms with E-state index in [1.165, 1.54) is 6.07 Å². The molecule has 0 unspecified atom stereocenters. The molecule has 0 saturated carbocycles. The van der Waals surface area contributed by atoms with Crippen molar-refractivity contribution in [3.8, 4) is 11.5 Å². The summed E-state index contributed by atoms with van der Waals surface area (Å²) in [6, 6.07) is 3.19. The van der Waals surface area contributed by atoms with Gasteiger partial charge in [0.05, 0.1) is 11.0 Å². The maximum absolute atomic E-state index is 13.0. The van der Waals surface area contributed by atoms with Gasteiger partial charge in [0.25, 0.3) is 11.6 Å². The predicted molar refractivity (Wildman–Crippen MR) is 64.0 cm³/mol. The van der Waals surface area contributed by atoms with Gasteiger partial charge in [-0.25, -0.2) is 4.39 Å². The number of likely N-dealkylation sites (N-methyl/N-ethyl adjacent to an activating group) is 1. The fourth-order valence-electron chi connectivity index (χ4n) is 1.54. The molecular formula is C11H11FN4O3. The van der Waals surface area contributed by atoms with Crippen molar-refractivity contribution in [3.05, 3.63) is 40.0 Å². The second kappa shape index (κ2) is 5.53. The summed E-state index contributed by atoms with van der Waals surface area (Å²) >= 11 is 0. The van der Waals surface area contributed by atoms with Crippen LogP contribution in [0.1, 0.15) is 5.82 Å². The first-order valence-electron chi connectivity index (χ1n) is 5.53. The molecule has 2 aromatic rings. The van der Waals surface area contributed by atoms with Crippen molar-refractivity contribution in [2.75, 3.05) is 13.6 Å². The highest BCUT2D eigenvalue weighted by Crippen LogP contribution is 2.29. The van der Waals surface area contributed by atoms with Gasteiger partial charge in [-0.05, 0) is 19.2 Å². The Labute approximate surface area is 107 Å². The molecule has 1 N–H and O–H groups in total. The quantitative estimate of drug-likeness (QED) is 0.651. The molecule has 0 aliphatic carbocycles. The molecule has 0 aliphatic rings. The van der Waals surface area contributed by atoms with Gasteiger partial charge >= 0.3 is 0 Å². The number of hydrogen-bond donors (Lipinski definition) is 1. The van der Waals surface area contributed by atoms with Crippen molar-refractivity contribution >= 4 is 5.69 Å². The number of aromatic nitrogens is 2. The van der Waals surface area contributed by atoms with Crippen molar-refractivity contribution in [1.29, 1.82) is 0 Å². The van der Waals surface area contributed by atoms with E-state index in [0.717, 1.165) is 12.1 Å². The summed E-state index contributed by atoms with van der Waals surface area (Å²) in [7, 11) is 1.78. The average molecular weight is 266 g/mol. The molecule has 0 fully saturated rings. The minimum Gasteiger partial charge on any atom is -0.334 e. The molecule has 0 radical (unpaired) electrons. The van der Waals surface area contributed by atoms with E-state index in [1.807, 2.05) is 0 Å². The van der Waals surface area contributed by atoms with Crippen LogP contribution in [0.2, 0.25) is 0 Å². The monoisotopic (exact) mass is 266 g/mol. The summed E-state index contributed by atoms with van der Waals surface area (Å²) in [6.07, 6.45) is 0.537. The smallest absolute Gasteiger partial charge is 0.285 e. The Morgan fingerprint density at radius 1 is 1.53 bits per heavy atom. The second-order valence-electron chi connectivity index (χ2n) is 3.79. The van der Waals surface area contributed by atoms with Crippen LogP contribution < -0.4 is 5.32 Å². The van der Waals surface area contributed by atoms with Crippen LogP contribution in [0, 0.1) is 15.9 Å². The van der Waals surface area contributed by atoms with E-state index in [9.17, 15) is 14.5 Å². The summed E-state index contributed by atoms with van der Waals surface area (Å²) < 4.78 is 18.0. The van der Waals surface area contributed by atoms with Gasteiger partial charge in [0.2, 0.25) is 0 Å². The van der Waals surface area contributed by atoms with Gasteiger partial charge < -0.3 is 9.84 Å². The number of rotatable bonds is 5. The van der Waals surface area contributed by atoms with Gasteiger partial charge in [0, 0.05) is 13.0 Å². The minimum atomic E-state index is -0.689. The Kier molecular flexibility index (Phi) is 3.81. The molecular weight excluding hydrogens is 255 g/mol. The van der Waals surface area contributed by atoms with E-state index in [0.29, 0.717) is 18.8 Å². The van der Waals surface area contributed by atoms with Crippen molar-refractivity contribution < 1.29 is 13.8 Å². The molecule has 0 amide bonds. The largest absolute Gasteiger partial charge is 0.334 e. The first kappa shape index (κ1) is 13.1. The Bertz CT molecular complexity index is 599. The van der Waals surface area contributed by atoms with Gasteiger partial charge in [-0.3, -0.25) is 10.1 Å². The molecule has 1 heterocycles. The highest BCUT2D eigenvalue weighted by molar-refractivity contribution is 5.66. The van der Waals surface area contributed by atoms with Crippen molar-refractivity contribution in [1.82, 2.24) is 15.5 Å². The lowest BCUT2D eigenvalue weighted by Gasteiger charge is -1.97. The minimum absolute atomic E-state index is 0.0119. The second-order valence-corrected chi connectivity index (χ2v) is 3.79. The number of nitro groups is 1. The molecule has 0 spiro atoms. The third-order valence-corrected chi connectivity index (χ3v) is 2.45. The van der Waals surface area contributed by atoms with E-state index in [4.69, 9.17) is 4.52 Å². The Morgan fingerprint density at radius 2 is 2.32 bits per heavy atom. The summed E-state index contributed by atoms with van der Waals surface area (Å²) in [5.74, 6) is -0.244. The summed E-state index contributed by atoms with van der Waals surface area (Å²) in [5.41, 5.74) is -0.293. The number of hydrogen-bond acceptors (Lipinski definition) is 6. The number of nitrogens with one attached hydrogen (secondary N) is 1. The molecule has 0 aliphatic heterocycles. The third-order valence-electron chi connectivity index (χ3n) is 2.45. The van der Waals surface area contributed by atoms with Crippen molar-refractivity contribution in [2.45, 2.75) is 6.42 Å². The Balaban J connectivity index is 2.36. The average Bonchev–Trinajstić information content (AvgIpc) is 2.84. The number of benzene rings is 1. The molecule has 19 heavy (non-hydrogen) atoms. The van der Waals surface area contributed by atoms with Crippen LogP contribution in [0.25, 0.3) is 11.5 Å². The van der Waals surface area contributed by atoms with Gasteiger partial charge in [-0.1, -0.05) is 5.16 Å². The predicted octanol–water partition coefficient (Wildman–Crippen LogP) is 1.55. The van der Waals surface area contributed by atoms with Crippen LogP contribution in [0.3, 0.4) is 0 Å². The Hall–Kier alpha value is -2.35. The van der Waals surface area contributed by atoms with Gasteiger partial charge in [0.15, 0.2) is 5.82 Å². The molecule has 0 atom stereocenters. The van der Waals surface area contributed by atoms with Gasteiger partial charge in [-0.2, -0.15) is 4.98 Å². The molecule has 8 heteroatoms. The lowest BCUT2D eigenvalue weighted by Crippen LogP contribution is -2.11. The number of nitrogens with zero attached hydrogens (tertiary/aromatic N) is 3. The van der Waals surface area contributed by atoms with E-state index in [1.54, 1.807) is 7.05 Å². The molecule has 1 aromatic heterocycles. The summed E-state index contributed by atoms with van der Waals surface area (Å²) in [5, 5.41) is 17.5. The standard InChI is InChI=1S/C11H11FN4O3/c1-13-5-4-10-14-11(19-15-10)8-3-2-7(12)6-9(8)16(17)18/h2-3,6,13H,4-5H2,1H3. The lowest BCUT2D eigenvalue weighted by molar-refractivity contribution is -0.384. The van der Waals surface area contributed by atoms with Crippen LogP contribution >= 0.6 is 0 Å². The van der Waals surface area contributed by atoms with Crippen molar-refractivity contribution in [2.24, 2.45) is 0 Å². The molecule has 1 aromatic carbocycles. The SMILES string of the molecule is CNCCc1noc(-c2ccc(F)cc2[N+](=O)[O-])n1. The highest BCUT2D eigenvalue weighted by Gasteiger charge is 2.21. The normalized spacial score (nSPS) is 10.6. The maximum atomic E-state index is 13.0. The van der Waals surface area contributed by atoms with Crippen LogP contribution in [0.15, 0.2) is 22.7 Å². The first-order valence-corrected chi connectivity index (χ1v) is 5.53. The maximum Gasteiger partial charge on any atom is 0.285 e. The van der Waals surface area contributed by atoms with E-state index >= 15 is 0 Å². The summed E-state index contributed by atoms with van der Waals surface area (Å²) in [6.45, 7) is 0.657. The zero-order valence-electron chi connectivity index (χ0n) is 10.1. The van der Waals surface area contributed by atoms with Crippen molar-refractivity contribution in [3.63, 3.8) is 0 Å². The fraction of sp³-hybridized carbons (Fsp3) is 0.273. The van der Waals surface area contributed by atoms with Crippen LogP contribution in [-0.2, 0) is 6.42 Å². The van der Waals surface area contributed by atoms with Gasteiger partial charge in [0.1, 0.15) is 11.4 Å². The molecule has 7 nitrogen and oxygen atoms in total. The van der Waals surface area contributed by atoms with Crippen LogP contribution in [0.4, 0.5) is 10.1 Å². The van der Waals surface area contributed by atoms with E-state index in [-0.39, 0.29) is 11.5 Å². The fourth-order valence-corrected chi connectivity index (χ4v) is 1.54. The van der Waals surface area contributed by atoms with E-state index in [2.05, 4.69) is 15.5 Å². The third kappa shape index (κ3) is 2.91. The Morgan fingerprint density at radius 3 is 3.00 bits per heavy atom. The highest BCUT2D eigenvalue weighted by atomic mass is 19.1. The summed E-state index contributed by atoms with van der Waals surface area (Å²) in [4.78, 5) is 14.2. The van der Waals surface area contributed by atoms with Crippen LogP contribution in [-0.4, -0.2) is 28.7 Å².